The molecular weight excluding hydrogens is 264 g/mol. The Bertz CT molecular complexity index is 472. The maximum Gasteiger partial charge on any atom is 0.357 e. The molecule has 0 aromatic carbocycles. The third-order valence-corrected chi connectivity index (χ3v) is 3.63. The molecule has 0 amide bonds. The zero-order valence-corrected chi connectivity index (χ0v) is 12.0. The van der Waals surface area contributed by atoms with E-state index in [4.69, 9.17) is 4.74 Å². The zero-order valence-electron chi connectivity index (χ0n) is 11.2. The van der Waals surface area contributed by atoms with Crippen molar-refractivity contribution in [2.75, 3.05) is 33.3 Å². The Morgan fingerprint density at radius 1 is 1.63 bits per heavy atom. The lowest BCUT2D eigenvalue weighted by Crippen LogP contribution is -2.36. The summed E-state index contributed by atoms with van der Waals surface area (Å²) in [6.07, 6.45) is 0.775. The number of nitrogens with one attached hydrogen (secondary N) is 1. The number of hydrogen-bond acceptors (Lipinski definition) is 7. The molecule has 0 aliphatic carbocycles. The van der Waals surface area contributed by atoms with Crippen LogP contribution in [0, 0.1) is 0 Å². The van der Waals surface area contributed by atoms with Gasteiger partial charge < -0.3 is 15.0 Å². The van der Waals surface area contributed by atoms with Gasteiger partial charge in [0.25, 0.3) is 0 Å². The number of likely N-dealkylation sites (N-methyl/N-ethyl adjacent to an activating group) is 1. The summed E-state index contributed by atoms with van der Waals surface area (Å²) in [5, 5.41) is 5.94. The molecule has 0 bridgehead atoms. The van der Waals surface area contributed by atoms with Crippen LogP contribution in [-0.2, 0) is 11.2 Å². The monoisotopic (exact) mass is 282 g/mol. The van der Waals surface area contributed by atoms with E-state index in [0.717, 1.165) is 37.0 Å². The molecule has 1 aliphatic rings. The van der Waals surface area contributed by atoms with Crippen molar-refractivity contribution >= 4 is 23.3 Å². The van der Waals surface area contributed by atoms with Gasteiger partial charge in [-0.15, -0.1) is 11.3 Å². The fourth-order valence-corrected chi connectivity index (χ4v) is 2.50. The predicted molar refractivity (Wildman–Crippen MR) is 74.7 cm³/mol. The van der Waals surface area contributed by atoms with E-state index in [2.05, 4.69) is 20.2 Å². The van der Waals surface area contributed by atoms with Gasteiger partial charge in [-0.25, -0.2) is 9.78 Å². The summed E-state index contributed by atoms with van der Waals surface area (Å²) >= 11 is 1.48. The SMILES string of the molecule is CCOC(=O)c1csc(CCNC2=NCCN2C)n1. The molecule has 0 saturated carbocycles. The van der Waals surface area contributed by atoms with E-state index in [0.29, 0.717) is 12.3 Å². The van der Waals surface area contributed by atoms with Gasteiger partial charge in [-0.3, -0.25) is 4.99 Å². The summed E-state index contributed by atoms with van der Waals surface area (Å²) in [4.78, 5) is 22.2. The van der Waals surface area contributed by atoms with Gasteiger partial charge in [0.1, 0.15) is 0 Å². The first-order chi connectivity index (χ1) is 9.20. The molecule has 6 nitrogen and oxygen atoms in total. The lowest BCUT2D eigenvalue weighted by atomic mass is 10.4. The Hall–Kier alpha value is -1.63. The summed E-state index contributed by atoms with van der Waals surface area (Å²) in [6.45, 7) is 4.74. The van der Waals surface area contributed by atoms with Crippen LogP contribution in [0.4, 0.5) is 0 Å². The maximum absolute atomic E-state index is 11.5. The van der Waals surface area contributed by atoms with E-state index >= 15 is 0 Å². The lowest BCUT2D eigenvalue weighted by Gasteiger charge is -2.14. The van der Waals surface area contributed by atoms with E-state index in [-0.39, 0.29) is 5.97 Å². The van der Waals surface area contributed by atoms with Crippen molar-refractivity contribution < 1.29 is 9.53 Å². The van der Waals surface area contributed by atoms with Gasteiger partial charge in [-0.2, -0.15) is 0 Å². The van der Waals surface area contributed by atoms with E-state index in [1.54, 1.807) is 12.3 Å². The van der Waals surface area contributed by atoms with Crippen molar-refractivity contribution in [1.82, 2.24) is 15.2 Å². The molecule has 1 aliphatic heterocycles. The summed E-state index contributed by atoms with van der Waals surface area (Å²) < 4.78 is 4.90. The number of aromatic nitrogens is 1. The average molecular weight is 282 g/mol. The van der Waals surface area contributed by atoms with Crippen LogP contribution in [-0.4, -0.2) is 55.1 Å². The number of carbonyl (C=O) groups excluding carboxylic acids is 1. The third-order valence-electron chi connectivity index (χ3n) is 2.72. The Kier molecular flexibility index (Phi) is 4.73. The molecule has 0 saturated heterocycles. The molecule has 0 fully saturated rings. The fraction of sp³-hybridized carbons (Fsp3) is 0.583. The molecule has 2 rings (SSSR count). The van der Waals surface area contributed by atoms with E-state index < -0.39 is 0 Å². The maximum atomic E-state index is 11.5. The summed E-state index contributed by atoms with van der Waals surface area (Å²) in [5.41, 5.74) is 0.400. The van der Waals surface area contributed by atoms with Gasteiger partial charge in [0.15, 0.2) is 11.7 Å². The summed E-state index contributed by atoms with van der Waals surface area (Å²) in [7, 11) is 2.01. The van der Waals surface area contributed by atoms with Gasteiger partial charge in [-0.1, -0.05) is 0 Å². The minimum atomic E-state index is -0.349. The first-order valence-electron chi connectivity index (χ1n) is 6.31. The average Bonchev–Trinajstić information content (AvgIpc) is 3.00. The van der Waals surface area contributed by atoms with E-state index in [1.165, 1.54) is 11.3 Å². The molecular formula is C12H18N4O2S. The molecule has 1 aromatic rings. The minimum Gasteiger partial charge on any atom is -0.461 e. The molecule has 1 N–H and O–H groups in total. The predicted octanol–water partition coefficient (Wildman–Crippen LogP) is 0.753. The van der Waals surface area contributed by atoms with Crippen molar-refractivity contribution in [1.29, 1.82) is 0 Å². The smallest absolute Gasteiger partial charge is 0.357 e. The molecule has 2 heterocycles. The van der Waals surface area contributed by atoms with Crippen molar-refractivity contribution in [3.05, 3.63) is 16.1 Å². The van der Waals surface area contributed by atoms with Gasteiger partial charge in [0.05, 0.1) is 18.2 Å². The summed E-state index contributed by atoms with van der Waals surface area (Å²) in [5.74, 6) is 0.583. The van der Waals surface area contributed by atoms with Gasteiger partial charge in [0.2, 0.25) is 0 Å². The molecule has 104 valence electrons. The van der Waals surface area contributed by atoms with Crippen LogP contribution >= 0.6 is 11.3 Å². The molecule has 0 spiro atoms. The highest BCUT2D eigenvalue weighted by Gasteiger charge is 2.13. The highest BCUT2D eigenvalue weighted by atomic mass is 32.1. The first-order valence-corrected chi connectivity index (χ1v) is 7.19. The number of hydrogen-bond donors (Lipinski definition) is 1. The summed E-state index contributed by atoms with van der Waals surface area (Å²) in [6, 6.07) is 0. The van der Waals surface area contributed by atoms with E-state index in [9.17, 15) is 4.79 Å². The number of thiazole rings is 1. The highest BCUT2D eigenvalue weighted by Crippen LogP contribution is 2.11. The Labute approximate surface area is 116 Å². The third kappa shape index (κ3) is 3.66. The number of guanidine groups is 1. The normalized spacial score (nSPS) is 14.4. The van der Waals surface area contributed by atoms with Gasteiger partial charge in [-0.05, 0) is 6.92 Å². The molecule has 0 unspecified atom stereocenters. The van der Waals surface area contributed by atoms with Crippen molar-refractivity contribution in [2.45, 2.75) is 13.3 Å². The number of aliphatic imine (C=N–C) groups is 1. The van der Waals surface area contributed by atoms with Crippen LogP contribution < -0.4 is 5.32 Å². The van der Waals surface area contributed by atoms with Crippen LogP contribution in [0.3, 0.4) is 0 Å². The standard InChI is InChI=1S/C12H18N4O2S/c1-3-18-11(17)9-8-19-10(15-9)4-5-13-12-14-6-7-16(12)2/h8H,3-7H2,1-2H3,(H,13,14). The second-order valence-electron chi connectivity index (χ2n) is 4.15. The highest BCUT2D eigenvalue weighted by molar-refractivity contribution is 7.09. The van der Waals surface area contributed by atoms with Gasteiger partial charge >= 0.3 is 5.97 Å². The quantitative estimate of drug-likeness (QED) is 0.807. The van der Waals surface area contributed by atoms with E-state index in [1.807, 2.05) is 7.05 Å². The van der Waals surface area contributed by atoms with Crippen molar-refractivity contribution in [3.8, 4) is 0 Å². The molecule has 7 heteroatoms. The minimum absolute atomic E-state index is 0.349. The second-order valence-corrected chi connectivity index (χ2v) is 5.09. The number of ether oxygens (including phenoxy) is 1. The molecule has 1 aromatic heterocycles. The van der Waals surface area contributed by atoms with Crippen LogP contribution in [0.2, 0.25) is 0 Å². The Balaban J connectivity index is 1.79. The fourth-order valence-electron chi connectivity index (χ4n) is 1.73. The number of carbonyl (C=O) groups is 1. The molecule has 0 atom stereocenters. The van der Waals surface area contributed by atoms with Crippen molar-refractivity contribution in [3.63, 3.8) is 0 Å². The van der Waals surface area contributed by atoms with Crippen LogP contribution in [0.25, 0.3) is 0 Å². The number of nitrogens with zero attached hydrogens (tertiary/aromatic N) is 3. The molecule has 0 radical (unpaired) electrons. The largest absolute Gasteiger partial charge is 0.461 e. The number of rotatable bonds is 5. The topological polar surface area (TPSA) is 66.8 Å². The Morgan fingerprint density at radius 3 is 3.16 bits per heavy atom. The van der Waals surface area contributed by atoms with Crippen LogP contribution in [0.15, 0.2) is 10.4 Å². The van der Waals surface area contributed by atoms with Crippen LogP contribution in [0.5, 0.6) is 0 Å². The molecule has 19 heavy (non-hydrogen) atoms. The number of esters is 1. The first kappa shape index (κ1) is 13.8. The lowest BCUT2D eigenvalue weighted by molar-refractivity contribution is 0.0520. The second kappa shape index (κ2) is 6.51. The van der Waals surface area contributed by atoms with Crippen LogP contribution in [0.1, 0.15) is 22.4 Å². The van der Waals surface area contributed by atoms with Crippen molar-refractivity contribution in [2.24, 2.45) is 4.99 Å². The van der Waals surface area contributed by atoms with Gasteiger partial charge in [0, 0.05) is 31.9 Å². The zero-order chi connectivity index (χ0) is 13.7. The Morgan fingerprint density at radius 2 is 2.47 bits per heavy atom.